The van der Waals surface area contributed by atoms with E-state index in [-0.39, 0.29) is 6.03 Å². The number of anilines is 2. The third-order valence-corrected chi connectivity index (χ3v) is 4.69. The summed E-state index contributed by atoms with van der Waals surface area (Å²) in [5, 5.41) is 2.97. The summed E-state index contributed by atoms with van der Waals surface area (Å²) >= 11 is 0. The molecule has 0 bridgehead atoms. The minimum atomic E-state index is -0.0465. The topological polar surface area (TPSA) is 44.8 Å². The van der Waals surface area contributed by atoms with Crippen LogP contribution in [0.15, 0.2) is 42.5 Å². The Kier molecular flexibility index (Phi) is 5.66. The lowest BCUT2D eigenvalue weighted by atomic mass is 10.1. The number of aryl methyl sites for hydroxylation is 2. The molecular formula is C21H27N3O2. The molecule has 2 amide bonds. The second-order valence-electron chi connectivity index (χ2n) is 6.65. The molecule has 0 spiro atoms. The lowest BCUT2D eigenvalue weighted by Crippen LogP contribution is -2.50. The predicted molar refractivity (Wildman–Crippen MR) is 106 cm³/mol. The fraction of sp³-hybridized carbons (Fsp3) is 0.381. The monoisotopic (exact) mass is 353 g/mol. The highest BCUT2D eigenvalue weighted by atomic mass is 16.5. The zero-order chi connectivity index (χ0) is 18.5. The van der Waals surface area contributed by atoms with Crippen LogP contribution < -0.4 is 15.0 Å². The summed E-state index contributed by atoms with van der Waals surface area (Å²) in [6.45, 7) is 9.97. The smallest absolute Gasteiger partial charge is 0.321 e. The summed E-state index contributed by atoms with van der Waals surface area (Å²) < 4.78 is 5.43. The Morgan fingerprint density at radius 2 is 1.73 bits per heavy atom. The highest BCUT2D eigenvalue weighted by Crippen LogP contribution is 2.23. The molecule has 1 N–H and O–H groups in total. The van der Waals surface area contributed by atoms with Gasteiger partial charge in [0.15, 0.2) is 0 Å². The summed E-state index contributed by atoms with van der Waals surface area (Å²) in [7, 11) is 0. The van der Waals surface area contributed by atoms with Crippen LogP contribution >= 0.6 is 0 Å². The van der Waals surface area contributed by atoms with E-state index < -0.39 is 0 Å². The van der Waals surface area contributed by atoms with Crippen molar-refractivity contribution in [3.63, 3.8) is 0 Å². The first-order chi connectivity index (χ1) is 12.6. The first-order valence-corrected chi connectivity index (χ1v) is 9.18. The number of rotatable bonds is 4. The molecular weight excluding hydrogens is 326 g/mol. The minimum absolute atomic E-state index is 0.0465. The van der Waals surface area contributed by atoms with Crippen molar-refractivity contribution in [3.8, 4) is 5.75 Å². The van der Waals surface area contributed by atoms with Gasteiger partial charge in [-0.25, -0.2) is 4.79 Å². The molecule has 0 aromatic heterocycles. The molecule has 1 aliphatic heterocycles. The molecule has 1 aliphatic rings. The van der Waals surface area contributed by atoms with Crippen LogP contribution in [0, 0.1) is 13.8 Å². The Hall–Kier alpha value is -2.69. The number of urea groups is 1. The maximum atomic E-state index is 12.5. The fourth-order valence-corrected chi connectivity index (χ4v) is 3.21. The van der Waals surface area contributed by atoms with Crippen molar-refractivity contribution in [2.45, 2.75) is 20.8 Å². The van der Waals surface area contributed by atoms with Crippen LogP contribution in [-0.4, -0.2) is 43.7 Å². The molecule has 26 heavy (non-hydrogen) atoms. The van der Waals surface area contributed by atoms with Gasteiger partial charge in [-0.05, 0) is 62.2 Å². The molecule has 0 unspecified atom stereocenters. The number of nitrogens with one attached hydrogen (secondary N) is 1. The van der Waals surface area contributed by atoms with Gasteiger partial charge in [-0.15, -0.1) is 0 Å². The van der Waals surface area contributed by atoms with E-state index in [1.165, 1.54) is 16.8 Å². The molecule has 3 rings (SSSR count). The highest BCUT2D eigenvalue weighted by molar-refractivity contribution is 5.89. The van der Waals surface area contributed by atoms with Crippen LogP contribution in [0.25, 0.3) is 0 Å². The van der Waals surface area contributed by atoms with E-state index >= 15 is 0 Å². The quantitative estimate of drug-likeness (QED) is 0.902. The van der Waals surface area contributed by atoms with Gasteiger partial charge in [-0.1, -0.05) is 12.1 Å². The lowest BCUT2D eigenvalue weighted by Gasteiger charge is -2.36. The van der Waals surface area contributed by atoms with Crippen molar-refractivity contribution in [1.82, 2.24) is 4.90 Å². The second-order valence-corrected chi connectivity index (χ2v) is 6.65. The Labute approximate surface area is 155 Å². The summed E-state index contributed by atoms with van der Waals surface area (Å²) in [5.41, 5.74) is 4.61. The van der Waals surface area contributed by atoms with Crippen molar-refractivity contribution < 1.29 is 9.53 Å². The molecule has 1 heterocycles. The van der Waals surface area contributed by atoms with Crippen molar-refractivity contribution in [2.24, 2.45) is 0 Å². The van der Waals surface area contributed by atoms with Gasteiger partial charge in [0.05, 0.1) is 6.61 Å². The van der Waals surface area contributed by atoms with Crippen molar-refractivity contribution in [3.05, 3.63) is 53.6 Å². The minimum Gasteiger partial charge on any atom is -0.494 e. The van der Waals surface area contributed by atoms with Gasteiger partial charge < -0.3 is 19.9 Å². The lowest BCUT2D eigenvalue weighted by molar-refractivity contribution is 0.208. The van der Waals surface area contributed by atoms with Gasteiger partial charge in [-0.2, -0.15) is 0 Å². The van der Waals surface area contributed by atoms with Gasteiger partial charge in [0, 0.05) is 37.6 Å². The van der Waals surface area contributed by atoms with Crippen LogP contribution in [0.2, 0.25) is 0 Å². The van der Waals surface area contributed by atoms with Crippen molar-refractivity contribution >= 4 is 17.4 Å². The zero-order valence-electron chi connectivity index (χ0n) is 15.8. The standard InChI is InChI=1S/C21H27N3O2/c1-4-26-19-9-7-18(8-10-19)22-21(25)24-13-11-23(12-14-24)20-15-16(2)5-6-17(20)3/h5-10,15H,4,11-14H2,1-3H3,(H,22,25). The first kappa shape index (κ1) is 18.1. The Morgan fingerprint density at radius 3 is 2.38 bits per heavy atom. The van der Waals surface area contributed by atoms with Crippen molar-refractivity contribution in [2.75, 3.05) is 43.0 Å². The van der Waals surface area contributed by atoms with E-state index in [1.54, 1.807) is 0 Å². The number of nitrogens with zero attached hydrogens (tertiary/aromatic N) is 2. The first-order valence-electron chi connectivity index (χ1n) is 9.18. The second kappa shape index (κ2) is 8.13. The number of piperazine rings is 1. The average Bonchev–Trinajstić information content (AvgIpc) is 2.66. The van der Waals surface area contributed by atoms with E-state index in [4.69, 9.17) is 4.74 Å². The summed E-state index contributed by atoms with van der Waals surface area (Å²) in [6.07, 6.45) is 0. The van der Waals surface area contributed by atoms with E-state index in [0.29, 0.717) is 6.61 Å². The largest absolute Gasteiger partial charge is 0.494 e. The van der Waals surface area contributed by atoms with Crippen LogP contribution in [0.5, 0.6) is 5.75 Å². The molecule has 1 fully saturated rings. The van der Waals surface area contributed by atoms with E-state index in [9.17, 15) is 4.79 Å². The van der Waals surface area contributed by atoms with Gasteiger partial charge >= 0.3 is 6.03 Å². The number of hydrogen-bond donors (Lipinski definition) is 1. The number of ether oxygens (including phenoxy) is 1. The number of amides is 2. The molecule has 5 heteroatoms. The third kappa shape index (κ3) is 4.28. The maximum Gasteiger partial charge on any atom is 0.321 e. The van der Waals surface area contributed by atoms with Crippen LogP contribution in [0.1, 0.15) is 18.1 Å². The summed E-state index contributed by atoms with van der Waals surface area (Å²) in [6, 6.07) is 14.0. The molecule has 1 saturated heterocycles. The maximum absolute atomic E-state index is 12.5. The Morgan fingerprint density at radius 1 is 1.04 bits per heavy atom. The molecule has 0 atom stereocenters. The molecule has 5 nitrogen and oxygen atoms in total. The Bertz CT molecular complexity index is 750. The Balaban J connectivity index is 1.55. The molecule has 138 valence electrons. The van der Waals surface area contributed by atoms with Crippen LogP contribution in [0.3, 0.4) is 0 Å². The number of benzene rings is 2. The number of carbonyl (C=O) groups excluding carboxylic acids is 1. The normalized spacial score (nSPS) is 14.3. The van der Waals surface area contributed by atoms with E-state index in [1.807, 2.05) is 36.1 Å². The molecule has 0 saturated carbocycles. The van der Waals surface area contributed by atoms with Crippen LogP contribution in [0.4, 0.5) is 16.2 Å². The number of hydrogen-bond acceptors (Lipinski definition) is 3. The van der Waals surface area contributed by atoms with Gasteiger partial charge in [0.1, 0.15) is 5.75 Å². The molecule has 0 radical (unpaired) electrons. The zero-order valence-corrected chi connectivity index (χ0v) is 15.8. The predicted octanol–water partition coefficient (Wildman–Crippen LogP) is 4.06. The van der Waals surface area contributed by atoms with E-state index in [0.717, 1.165) is 37.6 Å². The summed E-state index contributed by atoms with van der Waals surface area (Å²) in [4.78, 5) is 16.7. The fourth-order valence-electron chi connectivity index (χ4n) is 3.21. The third-order valence-electron chi connectivity index (χ3n) is 4.69. The average molecular weight is 353 g/mol. The van der Waals surface area contributed by atoms with Crippen LogP contribution in [-0.2, 0) is 0 Å². The van der Waals surface area contributed by atoms with Gasteiger partial charge in [-0.3, -0.25) is 0 Å². The van der Waals surface area contributed by atoms with Gasteiger partial charge in [0.2, 0.25) is 0 Å². The SMILES string of the molecule is CCOc1ccc(NC(=O)N2CCN(c3cc(C)ccc3C)CC2)cc1. The van der Waals surface area contributed by atoms with Gasteiger partial charge in [0.25, 0.3) is 0 Å². The molecule has 2 aromatic carbocycles. The molecule has 2 aromatic rings. The van der Waals surface area contributed by atoms with E-state index in [2.05, 4.69) is 42.3 Å². The molecule has 0 aliphatic carbocycles. The highest BCUT2D eigenvalue weighted by Gasteiger charge is 2.22. The summed E-state index contributed by atoms with van der Waals surface area (Å²) in [5.74, 6) is 0.813. The van der Waals surface area contributed by atoms with Crippen molar-refractivity contribution in [1.29, 1.82) is 0 Å². The number of carbonyl (C=O) groups is 1.